The number of nitrogens with one attached hydrogen (secondary N) is 2. The predicted molar refractivity (Wildman–Crippen MR) is 120 cm³/mol. The van der Waals surface area contributed by atoms with Crippen LogP contribution in [0.3, 0.4) is 0 Å². The van der Waals surface area contributed by atoms with Gasteiger partial charge in [-0.2, -0.15) is 0 Å². The number of carbonyl (C=O) groups is 1. The Morgan fingerprint density at radius 2 is 1.94 bits per heavy atom. The van der Waals surface area contributed by atoms with Crippen LogP contribution < -0.4 is 10.6 Å². The number of aliphatic imine (C=N–C) groups is 1. The maximum Gasteiger partial charge on any atom is 0.410 e. The van der Waals surface area contributed by atoms with E-state index in [2.05, 4.69) is 39.9 Å². The monoisotopic (exact) mass is 432 g/mol. The van der Waals surface area contributed by atoms with Gasteiger partial charge in [-0.25, -0.2) is 4.79 Å². The van der Waals surface area contributed by atoms with E-state index in [4.69, 9.17) is 14.2 Å². The number of amides is 1. The molecular weight excluding hydrogens is 396 g/mol. The molecule has 1 amide bonds. The van der Waals surface area contributed by atoms with E-state index in [-0.39, 0.29) is 12.1 Å². The van der Waals surface area contributed by atoms with Crippen molar-refractivity contribution in [2.24, 2.45) is 4.99 Å². The molecule has 2 N–H and O–H groups in total. The van der Waals surface area contributed by atoms with Gasteiger partial charge in [0.2, 0.25) is 0 Å². The Morgan fingerprint density at radius 1 is 1.23 bits per heavy atom. The molecule has 2 heterocycles. The number of ether oxygens (including phenoxy) is 3. The molecule has 2 aliphatic rings. The number of hydrogen-bond donors (Lipinski definition) is 2. The highest BCUT2D eigenvalue weighted by atomic mass is 16.6. The van der Waals surface area contributed by atoms with Crippen molar-refractivity contribution in [3.8, 4) is 0 Å². The summed E-state index contributed by atoms with van der Waals surface area (Å²) in [6.07, 6.45) is 1.96. The summed E-state index contributed by atoms with van der Waals surface area (Å²) in [7, 11) is 1.75. The predicted octanol–water partition coefficient (Wildman–Crippen LogP) is 2.67. The van der Waals surface area contributed by atoms with Gasteiger partial charge in [-0.3, -0.25) is 4.99 Å². The summed E-state index contributed by atoms with van der Waals surface area (Å²) in [6, 6.07) is 8.56. The van der Waals surface area contributed by atoms with Crippen molar-refractivity contribution in [2.75, 3.05) is 33.4 Å². The van der Waals surface area contributed by atoms with Crippen LogP contribution in [0.2, 0.25) is 0 Å². The molecule has 172 valence electrons. The molecule has 2 aliphatic heterocycles. The molecule has 0 bridgehead atoms. The summed E-state index contributed by atoms with van der Waals surface area (Å²) >= 11 is 0. The molecule has 31 heavy (non-hydrogen) atoms. The van der Waals surface area contributed by atoms with Gasteiger partial charge in [-0.1, -0.05) is 24.3 Å². The first kappa shape index (κ1) is 23.3. The summed E-state index contributed by atoms with van der Waals surface area (Å²) in [5.41, 5.74) is 1.86. The number of carbonyl (C=O) groups excluding carboxylic acids is 1. The fourth-order valence-electron chi connectivity index (χ4n) is 3.51. The molecule has 1 aromatic carbocycles. The van der Waals surface area contributed by atoms with E-state index in [1.807, 2.05) is 20.8 Å². The maximum atomic E-state index is 12.1. The summed E-state index contributed by atoms with van der Waals surface area (Å²) in [4.78, 5) is 18.0. The van der Waals surface area contributed by atoms with E-state index in [0.29, 0.717) is 32.3 Å². The summed E-state index contributed by atoms with van der Waals surface area (Å²) < 4.78 is 16.8. The van der Waals surface area contributed by atoms with Gasteiger partial charge in [-0.15, -0.1) is 0 Å². The molecule has 0 spiro atoms. The Labute approximate surface area is 185 Å². The highest BCUT2D eigenvalue weighted by molar-refractivity contribution is 5.80. The first-order chi connectivity index (χ1) is 14.8. The van der Waals surface area contributed by atoms with Crippen LogP contribution in [-0.4, -0.2) is 68.1 Å². The number of nitrogens with zero attached hydrogens (tertiary/aromatic N) is 2. The molecule has 3 rings (SSSR count). The zero-order valence-electron chi connectivity index (χ0n) is 19.1. The summed E-state index contributed by atoms with van der Waals surface area (Å²) in [6.45, 7) is 9.69. The standard InChI is InChI=1S/C23H36N4O4/c1-23(2,3)31-22(28)27-14-19(15-27)26-21(24-4)25-13-17-6-5-7-18(12-17)16-30-20-8-10-29-11-9-20/h5-7,12,19-20H,8-11,13-16H2,1-4H3,(H2,24,25,26). The minimum Gasteiger partial charge on any atom is -0.444 e. The zero-order valence-corrected chi connectivity index (χ0v) is 19.1. The summed E-state index contributed by atoms with van der Waals surface area (Å²) in [5.74, 6) is 0.720. The normalized spacial score (nSPS) is 18.5. The van der Waals surface area contributed by atoms with E-state index >= 15 is 0 Å². The van der Waals surface area contributed by atoms with Gasteiger partial charge in [-0.05, 0) is 44.7 Å². The van der Waals surface area contributed by atoms with Gasteiger partial charge in [0, 0.05) is 39.9 Å². The third kappa shape index (κ3) is 7.70. The molecule has 2 fully saturated rings. The van der Waals surface area contributed by atoms with E-state index < -0.39 is 5.60 Å². The fourth-order valence-corrected chi connectivity index (χ4v) is 3.51. The second-order valence-electron chi connectivity index (χ2n) is 9.10. The van der Waals surface area contributed by atoms with Crippen LogP contribution in [-0.2, 0) is 27.4 Å². The number of hydrogen-bond acceptors (Lipinski definition) is 5. The largest absolute Gasteiger partial charge is 0.444 e. The van der Waals surface area contributed by atoms with Gasteiger partial charge in [0.05, 0.1) is 18.8 Å². The average molecular weight is 433 g/mol. The molecule has 0 radical (unpaired) electrons. The zero-order chi connectivity index (χ0) is 22.3. The SMILES string of the molecule is CN=C(NCc1cccc(COC2CCOCC2)c1)NC1CN(C(=O)OC(C)(C)C)C1. The highest BCUT2D eigenvalue weighted by Gasteiger charge is 2.34. The van der Waals surface area contributed by atoms with Crippen molar-refractivity contribution in [1.82, 2.24) is 15.5 Å². The quantitative estimate of drug-likeness (QED) is 0.531. The maximum absolute atomic E-state index is 12.1. The van der Waals surface area contributed by atoms with Crippen molar-refractivity contribution in [3.63, 3.8) is 0 Å². The smallest absolute Gasteiger partial charge is 0.410 e. The van der Waals surface area contributed by atoms with Crippen molar-refractivity contribution in [3.05, 3.63) is 35.4 Å². The first-order valence-electron chi connectivity index (χ1n) is 11.0. The van der Waals surface area contributed by atoms with Crippen LogP contribution in [0.5, 0.6) is 0 Å². The van der Waals surface area contributed by atoms with E-state index in [9.17, 15) is 4.79 Å². The number of rotatable bonds is 6. The van der Waals surface area contributed by atoms with Gasteiger partial charge < -0.3 is 29.7 Å². The van der Waals surface area contributed by atoms with Crippen LogP contribution in [0.4, 0.5) is 4.79 Å². The van der Waals surface area contributed by atoms with Crippen LogP contribution in [0.25, 0.3) is 0 Å². The Bertz CT molecular complexity index is 750. The van der Waals surface area contributed by atoms with Crippen LogP contribution in [0.15, 0.2) is 29.3 Å². The Hall–Kier alpha value is -2.32. The molecule has 8 nitrogen and oxygen atoms in total. The Balaban J connectivity index is 1.39. The van der Waals surface area contributed by atoms with Gasteiger partial charge >= 0.3 is 6.09 Å². The third-order valence-corrected chi connectivity index (χ3v) is 5.20. The van der Waals surface area contributed by atoms with E-state index in [1.54, 1.807) is 11.9 Å². The molecule has 0 atom stereocenters. The topological polar surface area (TPSA) is 84.4 Å². The van der Waals surface area contributed by atoms with E-state index in [0.717, 1.165) is 32.0 Å². The first-order valence-corrected chi connectivity index (χ1v) is 11.0. The van der Waals surface area contributed by atoms with Crippen LogP contribution >= 0.6 is 0 Å². The van der Waals surface area contributed by atoms with Gasteiger partial charge in [0.25, 0.3) is 0 Å². The molecule has 0 aliphatic carbocycles. The highest BCUT2D eigenvalue weighted by Crippen LogP contribution is 2.16. The lowest BCUT2D eigenvalue weighted by atomic mass is 10.1. The number of benzene rings is 1. The molecule has 0 unspecified atom stereocenters. The lowest BCUT2D eigenvalue weighted by molar-refractivity contribution is -0.0390. The molecule has 1 aromatic rings. The fraction of sp³-hybridized carbons (Fsp3) is 0.652. The van der Waals surface area contributed by atoms with Gasteiger partial charge in [0.1, 0.15) is 5.60 Å². The minimum absolute atomic E-state index is 0.165. The molecular formula is C23H36N4O4. The van der Waals surface area contributed by atoms with Crippen molar-refractivity contribution in [2.45, 2.75) is 64.5 Å². The van der Waals surface area contributed by atoms with E-state index in [1.165, 1.54) is 11.1 Å². The second-order valence-corrected chi connectivity index (χ2v) is 9.10. The molecule has 2 saturated heterocycles. The third-order valence-electron chi connectivity index (χ3n) is 5.20. The Kier molecular flexibility index (Phi) is 8.15. The number of guanidine groups is 1. The van der Waals surface area contributed by atoms with Gasteiger partial charge in [0.15, 0.2) is 5.96 Å². The minimum atomic E-state index is -0.475. The summed E-state index contributed by atoms with van der Waals surface area (Å²) in [5, 5.41) is 6.70. The lowest BCUT2D eigenvalue weighted by Gasteiger charge is -2.40. The van der Waals surface area contributed by atoms with Crippen molar-refractivity contribution < 1.29 is 19.0 Å². The lowest BCUT2D eigenvalue weighted by Crippen LogP contribution is -2.63. The molecule has 0 aromatic heterocycles. The van der Waals surface area contributed by atoms with Crippen molar-refractivity contribution >= 4 is 12.1 Å². The second kappa shape index (κ2) is 10.8. The van der Waals surface area contributed by atoms with Crippen LogP contribution in [0, 0.1) is 0 Å². The van der Waals surface area contributed by atoms with Crippen LogP contribution in [0.1, 0.15) is 44.7 Å². The number of likely N-dealkylation sites (tertiary alicyclic amines) is 1. The average Bonchev–Trinajstić information content (AvgIpc) is 2.70. The molecule has 8 heteroatoms. The Morgan fingerprint density at radius 3 is 2.61 bits per heavy atom. The molecule has 0 saturated carbocycles. The van der Waals surface area contributed by atoms with Crippen molar-refractivity contribution in [1.29, 1.82) is 0 Å².